The standard InChI is InChI=1S/C11H14F3NO4/c12-11(13,14)7(16)15-10(8(17)18)5-9(6-10)1-3-19-4-2-9/h1-6H2,(H,15,16)(H,17,18). The molecule has 1 saturated carbocycles. The highest BCUT2D eigenvalue weighted by atomic mass is 19.4. The van der Waals surface area contributed by atoms with Gasteiger partial charge < -0.3 is 15.2 Å². The van der Waals surface area contributed by atoms with E-state index in [1.165, 1.54) is 0 Å². The number of carbonyl (C=O) groups is 2. The average molecular weight is 281 g/mol. The third-order valence-electron chi connectivity index (χ3n) is 3.93. The second-order valence-corrected chi connectivity index (χ2v) is 5.31. The summed E-state index contributed by atoms with van der Waals surface area (Å²) < 4.78 is 41.8. The molecule has 0 bridgehead atoms. The lowest BCUT2D eigenvalue weighted by atomic mass is 9.54. The summed E-state index contributed by atoms with van der Waals surface area (Å²) in [5, 5.41) is 10.7. The highest BCUT2D eigenvalue weighted by Crippen LogP contribution is 2.54. The van der Waals surface area contributed by atoms with Crippen LogP contribution in [0.15, 0.2) is 0 Å². The molecule has 2 fully saturated rings. The maximum Gasteiger partial charge on any atom is 0.471 e. The van der Waals surface area contributed by atoms with E-state index in [0.717, 1.165) is 0 Å². The van der Waals surface area contributed by atoms with E-state index in [2.05, 4.69) is 0 Å². The van der Waals surface area contributed by atoms with E-state index in [1.807, 2.05) is 0 Å². The first-order chi connectivity index (χ1) is 8.69. The number of rotatable bonds is 2. The van der Waals surface area contributed by atoms with Gasteiger partial charge >= 0.3 is 18.1 Å². The molecule has 0 atom stereocenters. The summed E-state index contributed by atoms with van der Waals surface area (Å²) in [5.41, 5.74) is -2.10. The molecule has 1 amide bonds. The Balaban J connectivity index is 2.06. The predicted molar refractivity (Wildman–Crippen MR) is 56.3 cm³/mol. The number of amides is 1. The summed E-state index contributed by atoms with van der Waals surface area (Å²) >= 11 is 0. The summed E-state index contributed by atoms with van der Waals surface area (Å²) in [6.07, 6.45) is -3.78. The monoisotopic (exact) mass is 281 g/mol. The molecule has 1 aliphatic carbocycles. The highest BCUT2D eigenvalue weighted by Gasteiger charge is 2.61. The Labute approximate surface area is 107 Å². The predicted octanol–water partition coefficient (Wildman–Crippen LogP) is 1.08. The first-order valence-electron chi connectivity index (χ1n) is 5.90. The zero-order chi connectivity index (χ0) is 14.3. The number of nitrogens with one attached hydrogen (secondary N) is 1. The van der Waals surface area contributed by atoms with Crippen LogP contribution < -0.4 is 5.32 Å². The number of carboxylic acid groups (broad SMARTS) is 1. The molecule has 0 aromatic rings. The van der Waals surface area contributed by atoms with Crippen LogP contribution >= 0.6 is 0 Å². The van der Waals surface area contributed by atoms with Crippen molar-refractivity contribution in [1.29, 1.82) is 0 Å². The van der Waals surface area contributed by atoms with E-state index < -0.39 is 23.6 Å². The smallest absolute Gasteiger partial charge is 0.471 e. The van der Waals surface area contributed by atoms with Crippen molar-refractivity contribution in [3.8, 4) is 0 Å². The summed E-state index contributed by atoms with van der Waals surface area (Å²) in [7, 11) is 0. The van der Waals surface area contributed by atoms with E-state index >= 15 is 0 Å². The molecule has 2 N–H and O–H groups in total. The normalized spacial score (nSPS) is 24.6. The van der Waals surface area contributed by atoms with Crippen molar-refractivity contribution in [1.82, 2.24) is 5.32 Å². The minimum atomic E-state index is -5.07. The first kappa shape index (κ1) is 14.1. The number of halogens is 3. The second-order valence-electron chi connectivity index (χ2n) is 5.31. The second kappa shape index (κ2) is 4.36. The molecule has 2 rings (SSSR count). The van der Waals surface area contributed by atoms with Gasteiger partial charge in [-0.1, -0.05) is 0 Å². The largest absolute Gasteiger partial charge is 0.480 e. The van der Waals surface area contributed by atoms with Crippen molar-refractivity contribution in [2.75, 3.05) is 13.2 Å². The topological polar surface area (TPSA) is 75.6 Å². The Hall–Kier alpha value is -1.31. The molecule has 1 heterocycles. The number of hydrogen-bond acceptors (Lipinski definition) is 3. The molecule has 0 unspecified atom stereocenters. The van der Waals surface area contributed by atoms with E-state index in [-0.39, 0.29) is 18.3 Å². The van der Waals surface area contributed by atoms with Crippen LogP contribution in [0.3, 0.4) is 0 Å². The number of hydrogen-bond donors (Lipinski definition) is 2. The third-order valence-corrected chi connectivity index (χ3v) is 3.93. The quantitative estimate of drug-likeness (QED) is 0.794. The summed E-state index contributed by atoms with van der Waals surface area (Å²) in [4.78, 5) is 22.1. The van der Waals surface area contributed by atoms with E-state index in [4.69, 9.17) is 9.84 Å². The van der Waals surface area contributed by atoms with Crippen molar-refractivity contribution in [3.63, 3.8) is 0 Å². The van der Waals surface area contributed by atoms with Gasteiger partial charge in [-0.2, -0.15) is 13.2 Å². The minimum Gasteiger partial charge on any atom is -0.480 e. The van der Waals surface area contributed by atoms with Gasteiger partial charge in [-0.25, -0.2) is 4.79 Å². The van der Waals surface area contributed by atoms with Crippen LogP contribution in [0.2, 0.25) is 0 Å². The van der Waals surface area contributed by atoms with E-state index in [0.29, 0.717) is 26.1 Å². The van der Waals surface area contributed by atoms with Crippen molar-refractivity contribution in [2.45, 2.75) is 37.4 Å². The fourth-order valence-corrected chi connectivity index (χ4v) is 2.97. The molecule has 0 radical (unpaired) electrons. The molecule has 8 heteroatoms. The van der Waals surface area contributed by atoms with Crippen LogP contribution in [0.25, 0.3) is 0 Å². The van der Waals surface area contributed by atoms with Gasteiger partial charge in [0.25, 0.3) is 0 Å². The number of alkyl halides is 3. The highest BCUT2D eigenvalue weighted by molar-refractivity contribution is 5.90. The number of carboxylic acids is 1. The molecule has 1 aliphatic heterocycles. The van der Waals surface area contributed by atoms with Gasteiger partial charge in [-0.15, -0.1) is 0 Å². The lowest BCUT2D eigenvalue weighted by Gasteiger charge is -2.55. The van der Waals surface area contributed by atoms with Gasteiger partial charge in [0.15, 0.2) is 0 Å². The first-order valence-corrected chi connectivity index (χ1v) is 5.90. The fourth-order valence-electron chi connectivity index (χ4n) is 2.97. The Morgan fingerprint density at radius 2 is 1.68 bits per heavy atom. The van der Waals surface area contributed by atoms with Gasteiger partial charge in [-0.05, 0) is 31.1 Å². The summed E-state index contributed by atoms with van der Waals surface area (Å²) in [5.74, 6) is -3.61. The molecule has 0 aromatic heterocycles. The minimum absolute atomic E-state index is 0.0283. The zero-order valence-corrected chi connectivity index (χ0v) is 10.0. The molecule has 0 aromatic carbocycles. The van der Waals surface area contributed by atoms with Crippen LogP contribution in [0.5, 0.6) is 0 Å². The molecule has 1 saturated heterocycles. The molecule has 19 heavy (non-hydrogen) atoms. The molecule has 108 valence electrons. The van der Waals surface area contributed by atoms with Crippen molar-refractivity contribution < 1.29 is 32.6 Å². The van der Waals surface area contributed by atoms with Crippen LogP contribution in [0, 0.1) is 5.41 Å². The van der Waals surface area contributed by atoms with Gasteiger partial charge in [0.2, 0.25) is 0 Å². The SMILES string of the molecule is O=C(NC1(C(=O)O)CC2(CCOCC2)C1)C(F)(F)F. The van der Waals surface area contributed by atoms with Crippen molar-refractivity contribution in [3.05, 3.63) is 0 Å². The molecular formula is C11H14F3NO4. The number of carbonyl (C=O) groups excluding carboxylic acids is 1. The molecular weight excluding hydrogens is 267 g/mol. The summed E-state index contributed by atoms with van der Waals surface area (Å²) in [6, 6.07) is 0. The lowest BCUT2D eigenvalue weighted by Crippen LogP contribution is -2.68. The van der Waals surface area contributed by atoms with Gasteiger partial charge in [0.05, 0.1) is 0 Å². The average Bonchev–Trinajstić information content (AvgIpc) is 2.26. The van der Waals surface area contributed by atoms with Crippen LogP contribution in [-0.2, 0) is 14.3 Å². The number of aliphatic carboxylic acids is 1. The van der Waals surface area contributed by atoms with Crippen LogP contribution in [-0.4, -0.2) is 41.9 Å². The molecule has 1 spiro atoms. The Kier molecular flexibility index (Phi) is 3.24. The molecule has 5 nitrogen and oxygen atoms in total. The van der Waals surface area contributed by atoms with Crippen LogP contribution in [0.1, 0.15) is 25.7 Å². The Morgan fingerprint density at radius 3 is 2.11 bits per heavy atom. The van der Waals surface area contributed by atoms with Gasteiger partial charge in [-0.3, -0.25) is 4.79 Å². The summed E-state index contributed by atoms with van der Waals surface area (Å²) in [6.45, 7) is 0.950. The fraction of sp³-hybridized carbons (Fsp3) is 0.818. The van der Waals surface area contributed by atoms with Crippen LogP contribution in [0.4, 0.5) is 13.2 Å². The van der Waals surface area contributed by atoms with Crippen molar-refractivity contribution in [2.24, 2.45) is 5.41 Å². The Morgan fingerprint density at radius 1 is 1.16 bits per heavy atom. The third kappa shape index (κ3) is 2.54. The molecule has 2 aliphatic rings. The van der Waals surface area contributed by atoms with Crippen molar-refractivity contribution >= 4 is 11.9 Å². The van der Waals surface area contributed by atoms with Gasteiger partial charge in [0.1, 0.15) is 5.54 Å². The zero-order valence-electron chi connectivity index (χ0n) is 10.0. The Bertz CT molecular complexity index is 393. The number of ether oxygens (including phenoxy) is 1. The maximum atomic E-state index is 12.2. The maximum absolute atomic E-state index is 12.2. The lowest BCUT2D eigenvalue weighted by molar-refractivity contribution is -0.186. The van der Waals surface area contributed by atoms with Gasteiger partial charge in [0, 0.05) is 13.2 Å². The van der Waals surface area contributed by atoms with E-state index in [1.54, 1.807) is 5.32 Å². The van der Waals surface area contributed by atoms with E-state index in [9.17, 15) is 22.8 Å².